The van der Waals surface area contributed by atoms with Gasteiger partial charge in [0.25, 0.3) is 0 Å². The van der Waals surface area contributed by atoms with E-state index in [1.807, 2.05) is 0 Å². The molecule has 0 radical (unpaired) electrons. The van der Waals surface area contributed by atoms with Crippen LogP contribution in [0.5, 0.6) is 0 Å². The van der Waals surface area contributed by atoms with Gasteiger partial charge in [0.15, 0.2) is 0 Å². The zero-order chi connectivity index (χ0) is 17.2. The molecule has 1 amide bonds. The van der Waals surface area contributed by atoms with Gasteiger partial charge in [-0.25, -0.2) is 0 Å². The Balaban J connectivity index is 1.83. The van der Waals surface area contributed by atoms with Crippen molar-refractivity contribution < 1.29 is 18.0 Å². The third kappa shape index (κ3) is 3.53. The van der Waals surface area contributed by atoms with Crippen molar-refractivity contribution in [3.8, 4) is 0 Å². The number of hydrogen-bond donors (Lipinski definition) is 2. The molecule has 2 aromatic rings. The minimum Gasteiger partial charge on any atom is -0.324 e. The second-order valence-corrected chi connectivity index (χ2v) is 5.19. The van der Waals surface area contributed by atoms with E-state index in [1.165, 1.54) is 12.1 Å². The first-order chi connectivity index (χ1) is 11.4. The van der Waals surface area contributed by atoms with Crippen LogP contribution in [0.15, 0.2) is 47.7 Å². The smallest absolute Gasteiger partial charge is 0.324 e. The van der Waals surface area contributed by atoms with Crippen LogP contribution >= 0.6 is 0 Å². The lowest BCUT2D eigenvalue weighted by Crippen LogP contribution is -2.09. The van der Waals surface area contributed by atoms with E-state index in [4.69, 9.17) is 0 Å². The lowest BCUT2D eigenvalue weighted by atomic mass is 10.1. The number of fused-ring (bicyclic) bond motifs is 1. The number of pyridine rings is 1. The summed E-state index contributed by atoms with van der Waals surface area (Å²) in [6, 6.07) is 7.98. The van der Waals surface area contributed by atoms with E-state index >= 15 is 0 Å². The van der Waals surface area contributed by atoms with Gasteiger partial charge in [0.1, 0.15) is 5.69 Å². The minimum atomic E-state index is -4.37. The van der Waals surface area contributed by atoms with E-state index in [0.717, 1.165) is 12.1 Å². The average molecular weight is 334 g/mol. The summed E-state index contributed by atoms with van der Waals surface area (Å²) in [6.45, 7) is 0. The van der Waals surface area contributed by atoms with Gasteiger partial charge in [-0.15, -0.1) is 0 Å². The average Bonchev–Trinajstić information content (AvgIpc) is 2.71. The summed E-state index contributed by atoms with van der Waals surface area (Å²) in [5.74, 6) is -0.135. The Kier molecular flexibility index (Phi) is 4.20. The molecule has 124 valence electrons. The van der Waals surface area contributed by atoms with E-state index in [-0.39, 0.29) is 12.3 Å². The number of aromatic nitrogens is 1. The van der Waals surface area contributed by atoms with Gasteiger partial charge in [-0.1, -0.05) is 0 Å². The number of halogens is 3. The molecule has 1 aliphatic heterocycles. The third-order valence-electron chi connectivity index (χ3n) is 3.48. The Labute approximate surface area is 135 Å². The maximum atomic E-state index is 12.5. The van der Waals surface area contributed by atoms with Gasteiger partial charge in [-0.3, -0.25) is 15.2 Å². The fraction of sp³-hybridized carbons (Fsp3) is 0.188. The number of alkyl halides is 3. The molecule has 1 aromatic heterocycles. The van der Waals surface area contributed by atoms with Crippen LogP contribution in [0.25, 0.3) is 0 Å². The molecule has 24 heavy (non-hydrogen) atoms. The molecule has 1 aromatic carbocycles. The van der Waals surface area contributed by atoms with Crippen LogP contribution in [-0.4, -0.2) is 16.6 Å². The van der Waals surface area contributed by atoms with Crippen LogP contribution in [0.3, 0.4) is 0 Å². The molecule has 1 aliphatic rings. The number of hydrazone groups is 1. The van der Waals surface area contributed by atoms with Gasteiger partial charge in [-0.2, -0.15) is 18.3 Å². The van der Waals surface area contributed by atoms with Crippen LogP contribution in [0.4, 0.5) is 24.5 Å². The Hall–Kier alpha value is -2.90. The summed E-state index contributed by atoms with van der Waals surface area (Å²) in [6.07, 6.45) is -2.15. The predicted molar refractivity (Wildman–Crippen MR) is 83.7 cm³/mol. The van der Waals surface area contributed by atoms with E-state index < -0.39 is 11.7 Å². The standard InChI is InChI=1S/C16H13F3N4O/c17-16(18,19)10-3-5-11(6-4-10)22-23-13-7-8-14(24)21-12-2-1-9-20-15(12)13/h1-6,9,22H,7-8H2,(H,21,24)/b23-13+. The van der Waals surface area contributed by atoms with Gasteiger partial charge in [0, 0.05) is 19.0 Å². The lowest BCUT2D eigenvalue weighted by molar-refractivity contribution is -0.137. The molecular weight excluding hydrogens is 321 g/mol. The van der Waals surface area contributed by atoms with Gasteiger partial charge in [0.05, 0.1) is 22.6 Å². The first-order valence-corrected chi connectivity index (χ1v) is 7.18. The molecule has 0 fully saturated rings. The van der Waals surface area contributed by atoms with Crippen molar-refractivity contribution in [3.63, 3.8) is 0 Å². The summed E-state index contributed by atoms with van der Waals surface area (Å²) in [4.78, 5) is 15.9. The highest BCUT2D eigenvalue weighted by Crippen LogP contribution is 2.30. The maximum Gasteiger partial charge on any atom is 0.416 e. The number of rotatable bonds is 2. The quantitative estimate of drug-likeness (QED) is 0.824. The van der Waals surface area contributed by atoms with Crippen LogP contribution in [0, 0.1) is 0 Å². The number of anilines is 2. The normalized spacial score (nSPS) is 16.3. The van der Waals surface area contributed by atoms with Gasteiger partial charge in [-0.05, 0) is 36.4 Å². The molecular formula is C16H13F3N4O. The molecule has 0 atom stereocenters. The van der Waals surface area contributed by atoms with Crippen molar-refractivity contribution in [1.82, 2.24) is 4.98 Å². The zero-order valence-electron chi connectivity index (χ0n) is 12.4. The number of carbonyl (C=O) groups excluding carboxylic acids is 1. The van der Waals surface area contributed by atoms with Crippen LogP contribution in [0.2, 0.25) is 0 Å². The SMILES string of the molecule is O=C1CC/C(=N\Nc2ccc(C(F)(F)F)cc2)c2ncccc2N1. The van der Waals surface area contributed by atoms with E-state index in [1.54, 1.807) is 18.3 Å². The molecule has 0 saturated carbocycles. The number of nitrogens with one attached hydrogen (secondary N) is 2. The highest BCUT2D eigenvalue weighted by Gasteiger charge is 2.29. The van der Waals surface area contributed by atoms with Crippen molar-refractivity contribution in [2.45, 2.75) is 19.0 Å². The summed E-state index contributed by atoms with van der Waals surface area (Å²) < 4.78 is 37.6. The summed E-state index contributed by atoms with van der Waals surface area (Å²) in [5, 5.41) is 6.95. The van der Waals surface area contributed by atoms with Gasteiger partial charge < -0.3 is 5.32 Å². The zero-order valence-corrected chi connectivity index (χ0v) is 12.4. The monoisotopic (exact) mass is 334 g/mol. The molecule has 2 N–H and O–H groups in total. The van der Waals surface area contributed by atoms with Crippen LogP contribution < -0.4 is 10.7 Å². The Morgan fingerprint density at radius 3 is 2.58 bits per heavy atom. The van der Waals surface area contributed by atoms with Crippen molar-refractivity contribution in [1.29, 1.82) is 0 Å². The van der Waals surface area contributed by atoms with Crippen LogP contribution in [-0.2, 0) is 11.0 Å². The summed E-state index contributed by atoms with van der Waals surface area (Å²) >= 11 is 0. The molecule has 0 aliphatic carbocycles. The number of nitrogens with zero attached hydrogens (tertiary/aromatic N) is 2. The van der Waals surface area contributed by atoms with Crippen molar-refractivity contribution >= 4 is 23.0 Å². The predicted octanol–water partition coefficient (Wildman–Crippen LogP) is 3.65. The number of hydrogen-bond acceptors (Lipinski definition) is 4. The number of carbonyl (C=O) groups is 1. The fourth-order valence-corrected chi connectivity index (χ4v) is 2.27. The van der Waals surface area contributed by atoms with Crippen molar-refractivity contribution in [2.75, 3.05) is 10.7 Å². The largest absolute Gasteiger partial charge is 0.416 e. The number of amides is 1. The summed E-state index contributed by atoms with van der Waals surface area (Å²) in [7, 11) is 0. The Bertz CT molecular complexity index is 785. The highest BCUT2D eigenvalue weighted by atomic mass is 19.4. The van der Waals surface area contributed by atoms with Gasteiger partial charge >= 0.3 is 6.18 Å². The minimum absolute atomic E-state index is 0.135. The molecule has 8 heteroatoms. The molecule has 0 unspecified atom stereocenters. The van der Waals surface area contributed by atoms with Gasteiger partial charge in [0.2, 0.25) is 5.91 Å². The molecule has 0 saturated heterocycles. The molecule has 3 rings (SSSR count). The van der Waals surface area contributed by atoms with Crippen molar-refractivity contribution in [2.24, 2.45) is 5.10 Å². The first-order valence-electron chi connectivity index (χ1n) is 7.18. The Morgan fingerprint density at radius 1 is 1.12 bits per heavy atom. The van der Waals surface area contributed by atoms with E-state index in [0.29, 0.717) is 29.2 Å². The highest BCUT2D eigenvalue weighted by molar-refractivity contribution is 6.10. The second-order valence-electron chi connectivity index (χ2n) is 5.19. The van der Waals surface area contributed by atoms with Crippen molar-refractivity contribution in [3.05, 3.63) is 53.9 Å². The van der Waals surface area contributed by atoms with Crippen LogP contribution in [0.1, 0.15) is 24.1 Å². The molecule has 0 spiro atoms. The summed E-state index contributed by atoms with van der Waals surface area (Å²) in [5.41, 5.74) is 4.07. The topological polar surface area (TPSA) is 66.4 Å². The molecule has 0 bridgehead atoms. The Morgan fingerprint density at radius 2 is 1.88 bits per heavy atom. The maximum absolute atomic E-state index is 12.5. The lowest BCUT2D eigenvalue weighted by Gasteiger charge is -2.09. The van der Waals surface area contributed by atoms with E-state index in [9.17, 15) is 18.0 Å². The second kappa shape index (κ2) is 6.31. The molecule has 2 heterocycles. The number of benzene rings is 1. The fourth-order valence-electron chi connectivity index (χ4n) is 2.27. The van der Waals surface area contributed by atoms with E-state index in [2.05, 4.69) is 20.8 Å². The molecule has 5 nitrogen and oxygen atoms in total. The first kappa shape index (κ1) is 16.0. The third-order valence-corrected chi connectivity index (χ3v) is 3.48.